The molecule has 0 saturated carbocycles. The molecule has 8 nitrogen and oxygen atoms in total. The molecule has 2 unspecified atom stereocenters. The molecule has 0 aliphatic heterocycles. The molecule has 0 spiro atoms. The molecule has 2 aromatic rings. The van der Waals surface area contributed by atoms with Crippen LogP contribution in [0.3, 0.4) is 0 Å². The number of hydrogen-bond donors (Lipinski definition) is 2. The van der Waals surface area contributed by atoms with Crippen LogP contribution in [0.15, 0.2) is 36.4 Å². The number of carbonyl (C=O) groups is 3. The van der Waals surface area contributed by atoms with Crippen molar-refractivity contribution >= 4 is 23.6 Å². The van der Waals surface area contributed by atoms with Crippen molar-refractivity contribution in [2.75, 3.05) is 11.9 Å². The maximum Gasteiger partial charge on any atom is 0.408 e. The van der Waals surface area contributed by atoms with Crippen LogP contribution in [0.2, 0.25) is 0 Å². The van der Waals surface area contributed by atoms with E-state index in [1.165, 1.54) is 4.90 Å². The van der Waals surface area contributed by atoms with Crippen molar-refractivity contribution in [2.45, 2.75) is 80.0 Å². The van der Waals surface area contributed by atoms with Crippen LogP contribution >= 0.6 is 0 Å². The van der Waals surface area contributed by atoms with Crippen LogP contribution in [-0.2, 0) is 14.3 Å². The third-order valence-electron chi connectivity index (χ3n) is 6.23. The fourth-order valence-corrected chi connectivity index (χ4v) is 4.39. The largest absolute Gasteiger partial charge is 0.444 e. The van der Waals surface area contributed by atoms with Crippen LogP contribution in [0, 0.1) is 44.9 Å². The van der Waals surface area contributed by atoms with Gasteiger partial charge >= 0.3 is 6.09 Å². The summed E-state index contributed by atoms with van der Waals surface area (Å²) in [5.74, 6) is -1.32. The number of amides is 3. The first-order valence-electron chi connectivity index (χ1n) is 12.8. The van der Waals surface area contributed by atoms with E-state index in [4.69, 9.17) is 4.74 Å². The predicted octanol–water partition coefficient (Wildman–Crippen LogP) is 5.50. The molecule has 0 fully saturated rings. The number of nitriles is 1. The van der Waals surface area contributed by atoms with Crippen LogP contribution in [0.1, 0.15) is 68.5 Å². The van der Waals surface area contributed by atoms with E-state index in [0.29, 0.717) is 11.3 Å². The second kappa shape index (κ2) is 12.6. The Balaban J connectivity index is 2.62. The first-order valence-corrected chi connectivity index (χ1v) is 12.8. The van der Waals surface area contributed by atoms with Crippen molar-refractivity contribution in [2.24, 2.45) is 5.92 Å². The highest BCUT2D eigenvalue weighted by Crippen LogP contribution is 2.31. The smallest absolute Gasteiger partial charge is 0.408 e. The fraction of sp³-hybridized carbons (Fsp3) is 0.467. The molecule has 38 heavy (non-hydrogen) atoms. The Kier molecular flexibility index (Phi) is 10.1. The van der Waals surface area contributed by atoms with Gasteiger partial charge < -0.3 is 20.3 Å². The Labute approximate surface area is 226 Å². The zero-order valence-electron chi connectivity index (χ0n) is 23.9. The van der Waals surface area contributed by atoms with E-state index < -0.39 is 35.6 Å². The van der Waals surface area contributed by atoms with Crippen LogP contribution < -0.4 is 10.6 Å². The normalized spacial score (nSPS) is 12.8. The third-order valence-corrected chi connectivity index (χ3v) is 6.23. The van der Waals surface area contributed by atoms with Gasteiger partial charge in [-0.25, -0.2) is 4.79 Å². The molecular weight excluding hydrogens is 480 g/mol. The second-order valence-corrected chi connectivity index (χ2v) is 11.0. The average molecular weight is 521 g/mol. The number of carbonyl (C=O) groups excluding carboxylic acids is 3. The standard InChI is InChI=1S/C30H40N4O4/c1-18(2)24(33-29(37)38-30(7,8)9)28(36)34(17-16-31)26(23-19(3)12-10-13-20(23)4)27(35)32-25-21(5)14-11-15-22(25)6/h10-15,18,24,26H,17H2,1-9H3,(H,32,35)(H,33,37). The molecule has 2 atom stereocenters. The number of hydrogen-bond acceptors (Lipinski definition) is 5. The van der Waals surface area contributed by atoms with E-state index in [2.05, 4.69) is 10.6 Å². The average Bonchev–Trinajstić information content (AvgIpc) is 2.79. The summed E-state index contributed by atoms with van der Waals surface area (Å²) in [5.41, 5.74) is 3.91. The summed E-state index contributed by atoms with van der Waals surface area (Å²) in [6, 6.07) is 11.2. The topological polar surface area (TPSA) is 112 Å². The van der Waals surface area contributed by atoms with Crippen molar-refractivity contribution in [1.29, 1.82) is 5.26 Å². The first kappa shape index (κ1) is 30.4. The molecule has 2 rings (SSSR count). The van der Waals surface area contributed by atoms with Crippen LogP contribution in [-0.4, -0.2) is 41.0 Å². The molecule has 0 bridgehead atoms. The van der Waals surface area contributed by atoms with Gasteiger partial charge in [0.05, 0.1) is 6.07 Å². The number of rotatable bonds is 8. The Morgan fingerprint density at radius 2 is 1.45 bits per heavy atom. The molecule has 0 radical (unpaired) electrons. The van der Waals surface area contributed by atoms with E-state index in [-0.39, 0.29) is 12.5 Å². The van der Waals surface area contributed by atoms with Gasteiger partial charge in [-0.15, -0.1) is 0 Å². The van der Waals surface area contributed by atoms with Gasteiger partial charge in [0.1, 0.15) is 24.2 Å². The van der Waals surface area contributed by atoms with Gasteiger partial charge in [-0.2, -0.15) is 5.26 Å². The van der Waals surface area contributed by atoms with Gasteiger partial charge in [0.15, 0.2) is 0 Å². The number of ether oxygens (including phenoxy) is 1. The van der Waals surface area contributed by atoms with Gasteiger partial charge in [0.2, 0.25) is 5.91 Å². The molecule has 0 aromatic heterocycles. The van der Waals surface area contributed by atoms with E-state index >= 15 is 0 Å². The molecule has 204 valence electrons. The Morgan fingerprint density at radius 1 is 0.947 bits per heavy atom. The molecule has 2 N–H and O–H groups in total. The van der Waals surface area contributed by atoms with Gasteiger partial charge in [-0.3, -0.25) is 9.59 Å². The summed E-state index contributed by atoms with van der Waals surface area (Å²) in [6.45, 7) is 16.0. The van der Waals surface area contributed by atoms with E-state index in [9.17, 15) is 19.6 Å². The van der Waals surface area contributed by atoms with Gasteiger partial charge in [-0.1, -0.05) is 50.2 Å². The highest BCUT2D eigenvalue weighted by Gasteiger charge is 2.38. The highest BCUT2D eigenvalue weighted by molar-refractivity contribution is 6.00. The summed E-state index contributed by atoms with van der Waals surface area (Å²) in [4.78, 5) is 41.9. The van der Waals surface area contributed by atoms with Crippen molar-refractivity contribution in [3.8, 4) is 6.07 Å². The number of nitrogens with zero attached hydrogens (tertiary/aromatic N) is 2. The molecule has 2 aromatic carbocycles. The minimum atomic E-state index is -1.11. The lowest BCUT2D eigenvalue weighted by Gasteiger charge is -2.35. The van der Waals surface area contributed by atoms with Crippen molar-refractivity contribution in [3.63, 3.8) is 0 Å². The Hall–Kier alpha value is -3.86. The van der Waals surface area contributed by atoms with E-state index in [0.717, 1.165) is 22.3 Å². The summed E-state index contributed by atoms with van der Waals surface area (Å²) >= 11 is 0. The lowest BCUT2D eigenvalue weighted by atomic mass is 9.92. The first-order chi connectivity index (χ1) is 17.7. The molecule has 0 heterocycles. The monoisotopic (exact) mass is 520 g/mol. The molecule has 0 aliphatic carbocycles. The maximum absolute atomic E-state index is 14.0. The van der Waals surface area contributed by atoms with Crippen molar-refractivity contribution in [3.05, 3.63) is 64.2 Å². The second-order valence-electron chi connectivity index (χ2n) is 11.0. The maximum atomic E-state index is 14.0. The number of aryl methyl sites for hydroxylation is 4. The number of alkyl carbamates (subject to hydrolysis) is 1. The van der Waals surface area contributed by atoms with Gasteiger partial charge in [-0.05, 0) is 82.2 Å². The number of anilines is 1. The van der Waals surface area contributed by atoms with Crippen LogP contribution in [0.25, 0.3) is 0 Å². The minimum Gasteiger partial charge on any atom is -0.444 e. The molecule has 0 aliphatic rings. The van der Waals surface area contributed by atoms with Gasteiger partial charge in [0.25, 0.3) is 5.91 Å². The summed E-state index contributed by atoms with van der Waals surface area (Å²) in [5, 5.41) is 15.4. The number of benzene rings is 2. The number of nitrogens with one attached hydrogen (secondary N) is 2. The van der Waals surface area contributed by atoms with Crippen LogP contribution in [0.5, 0.6) is 0 Å². The number of para-hydroxylation sites is 1. The minimum absolute atomic E-state index is 0.337. The molecule has 3 amide bonds. The van der Waals surface area contributed by atoms with Crippen molar-refractivity contribution < 1.29 is 19.1 Å². The van der Waals surface area contributed by atoms with Gasteiger partial charge in [0, 0.05) is 5.69 Å². The quantitative estimate of drug-likeness (QED) is 0.446. The Bertz CT molecular complexity index is 1180. The van der Waals surface area contributed by atoms with E-state index in [1.807, 2.05) is 70.2 Å². The summed E-state index contributed by atoms with van der Waals surface area (Å²) < 4.78 is 5.38. The lowest BCUT2D eigenvalue weighted by Crippen LogP contribution is -2.54. The Morgan fingerprint density at radius 3 is 1.89 bits per heavy atom. The zero-order valence-corrected chi connectivity index (χ0v) is 23.9. The lowest BCUT2D eigenvalue weighted by molar-refractivity contribution is -0.141. The molecule has 0 saturated heterocycles. The SMILES string of the molecule is Cc1cccc(C)c1NC(=O)C(c1c(C)cccc1C)N(CC#N)C(=O)C(NC(=O)OC(C)(C)C)C(C)C. The third kappa shape index (κ3) is 7.58. The molecule has 8 heteroatoms. The fourth-order valence-electron chi connectivity index (χ4n) is 4.39. The summed E-state index contributed by atoms with van der Waals surface area (Å²) in [6.07, 6.45) is -0.745. The zero-order chi connectivity index (χ0) is 28.8. The predicted molar refractivity (Wildman–Crippen MR) is 149 cm³/mol. The molecular formula is C30H40N4O4. The van der Waals surface area contributed by atoms with Crippen LogP contribution in [0.4, 0.5) is 10.5 Å². The van der Waals surface area contributed by atoms with E-state index in [1.54, 1.807) is 34.6 Å². The summed E-state index contributed by atoms with van der Waals surface area (Å²) in [7, 11) is 0. The highest BCUT2D eigenvalue weighted by atomic mass is 16.6. The van der Waals surface area contributed by atoms with Crippen molar-refractivity contribution in [1.82, 2.24) is 10.2 Å².